The summed E-state index contributed by atoms with van der Waals surface area (Å²) in [7, 11) is 0. The lowest BCUT2D eigenvalue weighted by Crippen LogP contribution is -2.48. The molecule has 4 heterocycles. The van der Waals surface area contributed by atoms with E-state index in [1.807, 2.05) is 23.5 Å². The Hall–Kier alpha value is -4.64. The fourth-order valence-corrected chi connectivity index (χ4v) is 4.59. The molecule has 0 bridgehead atoms. The molecule has 6 rings (SSSR count). The first kappa shape index (κ1) is 27.9. The van der Waals surface area contributed by atoms with E-state index < -0.39 is 6.08 Å². The maximum Gasteiger partial charge on any atom is 0.270 e. The first-order valence-corrected chi connectivity index (χ1v) is 13.4. The maximum absolute atomic E-state index is 13.0. The summed E-state index contributed by atoms with van der Waals surface area (Å²) in [5, 5.41) is 6.40. The summed E-state index contributed by atoms with van der Waals surface area (Å²) in [5.41, 5.74) is 4.84. The highest BCUT2D eigenvalue weighted by Crippen LogP contribution is 2.27. The van der Waals surface area contributed by atoms with Gasteiger partial charge in [-0.2, -0.15) is 8.78 Å². The number of aryl methyl sites for hydroxylation is 1. The molecule has 0 spiro atoms. The Kier molecular flexibility index (Phi) is 8.64. The lowest BCUT2D eigenvalue weighted by atomic mass is 10.1. The van der Waals surface area contributed by atoms with Crippen molar-refractivity contribution >= 4 is 35.5 Å². The van der Waals surface area contributed by atoms with Gasteiger partial charge in [-0.25, -0.2) is 9.97 Å². The number of aromatic nitrogens is 3. The van der Waals surface area contributed by atoms with E-state index in [9.17, 15) is 18.4 Å². The number of halogens is 2. The number of nitrogens with one attached hydrogen (secondary N) is 2. The van der Waals surface area contributed by atoms with Crippen molar-refractivity contribution in [1.29, 1.82) is 0 Å². The second-order valence-corrected chi connectivity index (χ2v) is 9.86. The minimum absolute atomic E-state index is 0.0523. The summed E-state index contributed by atoms with van der Waals surface area (Å²) in [4.78, 5) is 36.3. The molecule has 2 saturated heterocycles. The average molecular weight is 560 g/mol. The van der Waals surface area contributed by atoms with E-state index in [1.54, 1.807) is 58.7 Å². The number of hydrogen-bond acceptors (Lipinski definition) is 6. The predicted octanol–water partition coefficient (Wildman–Crippen LogP) is 4.58. The van der Waals surface area contributed by atoms with Crippen molar-refractivity contribution in [3.63, 3.8) is 0 Å². The summed E-state index contributed by atoms with van der Waals surface area (Å²) in [6, 6.07) is 12.3. The maximum atomic E-state index is 13.0. The number of benzene rings is 2. The van der Waals surface area contributed by atoms with Crippen LogP contribution in [0.2, 0.25) is 0 Å². The largest absolute Gasteiger partial charge is 0.342 e. The molecular formula is C30H31F2N7O2. The highest BCUT2D eigenvalue weighted by molar-refractivity contribution is 5.96. The van der Waals surface area contributed by atoms with E-state index in [-0.39, 0.29) is 5.91 Å². The van der Waals surface area contributed by atoms with Crippen molar-refractivity contribution in [1.82, 2.24) is 29.5 Å². The Morgan fingerprint density at radius 1 is 1.02 bits per heavy atom. The second-order valence-electron chi connectivity index (χ2n) is 9.86. The van der Waals surface area contributed by atoms with Crippen LogP contribution in [0, 0.1) is 6.92 Å². The van der Waals surface area contributed by atoms with E-state index in [0.29, 0.717) is 48.8 Å². The van der Waals surface area contributed by atoms with Gasteiger partial charge in [-0.05, 0) is 55.8 Å². The molecule has 212 valence electrons. The van der Waals surface area contributed by atoms with Gasteiger partial charge in [0.05, 0.1) is 11.9 Å². The number of hydrogen-bond donors (Lipinski definition) is 2. The first-order chi connectivity index (χ1) is 19.9. The number of nitrogens with zero attached hydrogens (tertiary/aromatic N) is 5. The average Bonchev–Trinajstić information content (AvgIpc) is 3.37. The van der Waals surface area contributed by atoms with Crippen LogP contribution in [0.15, 0.2) is 67.1 Å². The quantitative estimate of drug-likeness (QED) is 0.336. The molecule has 2 N–H and O–H groups in total. The van der Waals surface area contributed by atoms with Gasteiger partial charge in [0.15, 0.2) is 11.5 Å². The molecule has 0 radical (unpaired) electrons. The number of carbonyl (C=O) groups excluding carboxylic acids is 2. The van der Waals surface area contributed by atoms with Crippen LogP contribution in [-0.4, -0.2) is 75.8 Å². The number of anilines is 2. The zero-order chi connectivity index (χ0) is 28.8. The fraction of sp³-hybridized carbons (Fsp3) is 0.267. The molecule has 0 aliphatic carbocycles. The summed E-state index contributed by atoms with van der Waals surface area (Å²) >= 11 is 0. The molecule has 2 aliphatic rings. The van der Waals surface area contributed by atoms with Crippen molar-refractivity contribution in [3.8, 4) is 11.3 Å². The SMILES string of the molecule is C1CNC1.Cc1cc(Nc2nccn3c(-c4ccc(C=C(F)F)cc4)cnc23)ccc1C(=O)N1CCN(C=O)CC1. The van der Waals surface area contributed by atoms with Crippen LogP contribution in [-0.2, 0) is 4.79 Å². The number of fused-ring (bicyclic) bond motifs is 1. The van der Waals surface area contributed by atoms with E-state index in [0.717, 1.165) is 35.0 Å². The smallest absolute Gasteiger partial charge is 0.270 e. The normalized spacial score (nSPS) is 14.5. The Bertz CT molecular complexity index is 1550. The van der Waals surface area contributed by atoms with Crippen molar-refractivity contribution in [2.75, 3.05) is 44.6 Å². The highest BCUT2D eigenvalue weighted by Gasteiger charge is 2.22. The second kappa shape index (κ2) is 12.7. The molecule has 11 heteroatoms. The van der Waals surface area contributed by atoms with Crippen molar-refractivity contribution in [2.45, 2.75) is 13.3 Å². The van der Waals surface area contributed by atoms with Crippen molar-refractivity contribution < 1.29 is 18.4 Å². The highest BCUT2D eigenvalue weighted by atomic mass is 19.3. The molecule has 2 fully saturated rings. The van der Waals surface area contributed by atoms with Crippen LogP contribution in [0.5, 0.6) is 0 Å². The summed E-state index contributed by atoms with van der Waals surface area (Å²) < 4.78 is 26.9. The van der Waals surface area contributed by atoms with Crippen molar-refractivity contribution in [2.24, 2.45) is 0 Å². The van der Waals surface area contributed by atoms with E-state index >= 15 is 0 Å². The summed E-state index contributed by atoms with van der Waals surface area (Å²) in [6.45, 7) is 6.48. The van der Waals surface area contributed by atoms with Crippen LogP contribution in [0.4, 0.5) is 20.3 Å². The van der Waals surface area contributed by atoms with Gasteiger partial charge >= 0.3 is 0 Å². The first-order valence-electron chi connectivity index (χ1n) is 13.4. The Morgan fingerprint density at radius 3 is 2.34 bits per heavy atom. The monoisotopic (exact) mass is 559 g/mol. The third-order valence-electron chi connectivity index (χ3n) is 7.09. The molecule has 2 aliphatic heterocycles. The number of rotatable bonds is 6. The van der Waals surface area contributed by atoms with E-state index in [4.69, 9.17) is 0 Å². The zero-order valence-electron chi connectivity index (χ0n) is 22.7. The third-order valence-corrected chi connectivity index (χ3v) is 7.09. The minimum Gasteiger partial charge on any atom is -0.342 e. The standard InChI is InChI=1S/C27H24F2N6O2.C3H7N/c1-18-14-21(6-7-22(18)27(37)34-12-10-33(17-36)11-13-34)32-25-26-31-16-23(35(26)9-8-30-25)20-4-2-19(3-5-20)15-24(28)29;1-2-4-3-1/h2-9,14-17H,10-13H2,1H3,(H,30,32);4H,1-3H2. The van der Waals surface area contributed by atoms with Gasteiger partial charge in [0.25, 0.3) is 12.0 Å². The molecule has 9 nitrogen and oxygen atoms in total. The topological polar surface area (TPSA) is 94.9 Å². The van der Waals surface area contributed by atoms with Gasteiger partial charge in [0.1, 0.15) is 0 Å². The predicted molar refractivity (Wildman–Crippen MR) is 154 cm³/mol. The Balaban J connectivity index is 0.000000777. The molecule has 2 aromatic carbocycles. The summed E-state index contributed by atoms with van der Waals surface area (Å²) in [6.07, 6.45) is 6.43. The molecule has 2 aromatic heterocycles. The molecule has 4 aromatic rings. The zero-order valence-corrected chi connectivity index (χ0v) is 22.7. The lowest BCUT2D eigenvalue weighted by Gasteiger charge is -2.32. The number of piperazine rings is 1. The fourth-order valence-electron chi connectivity index (χ4n) is 4.59. The van der Waals surface area contributed by atoms with Crippen LogP contribution in [0.25, 0.3) is 23.0 Å². The third kappa shape index (κ3) is 6.58. The minimum atomic E-state index is -1.74. The molecule has 0 atom stereocenters. The van der Waals surface area contributed by atoms with Gasteiger partial charge in [-0.1, -0.05) is 24.3 Å². The number of carbonyl (C=O) groups is 2. The van der Waals surface area contributed by atoms with Gasteiger partial charge in [0, 0.05) is 61.5 Å². The number of imidazole rings is 1. The van der Waals surface area contributed by atoms with E-state index in [1.165, 1.54) is 19.5 Å². The number of amides is 2. The lowest BCUT2D eigenvalue weighted by molar-refractivity contribution is -0.119. The van der Waals surface area contributed by atoms with E-state index in [2.05, 4.69) is 20.6 Å². The van der Waals surface area contributed by atoms with Crippen molar-refractivity contribution in [3.05, 3.63) is 83.8 Å². The van der Waals surface area contributed by atoms with Gasteiger partial charge in [-0.15, -0.1) is 0 Å². The molecule has 0 unspecified atom stereocenters. The van der Waals surface area contributed by atoms with Crippen LogP contribution >= 0.6 is 0 Å². The van der Waals surface area contributed by atoms with Gasteiger partial charge in [0.2, 0.25) is 6.41 Å². The molecule has 41 heavy (non-hydrogen) atoms. The molecule has 2 amide bonds. The molecule has 0 saturated carbocycles. The Labute approximate surface area is 236 Å². The summed E-state index contributed by atoms with van der Waals surface area (Å²) in [5.74, 6) is 0.486. The molecular weight excluding hydrogens is 528 g/mol. The van der Waals surface area contributed by atoms with Crippen LogP contribution < -0.4 is 10.6 Å². The van der Waals surface area contributed by atoms with Crippen LogP contribution in [0.1, 0.15) is 27.9 Å². The van der Waals surface area contributed by atoms with Crippen LogP contribution in [0.3, 0.4) is 0 Å². The Morgan fingerprint density at radius 2 is 1.73 bits per heavy atom. The van der Waals surface area contributed by atoms with Gasteiger partial charge < -0.3 is 20.4 Å². The van der Waals surface area contributed by atoms with Gasteiger partial charge in [-0.3, -0.25) is 14.0 Å².